The van der Waals surface area contributed by atoms with Crippen molar-refractivity contribution in [3.8, 4) is 11.5 Å². The Hall–Kier alpha value is -3.31. The third kappa shape index (κ3) is 5.97. The van der Waals surface area contributed by atoms with E-state index in [2.05, 4.69) is 10.6 Å². The van der Waals surface area contributed by atoms with Gasteiger partial charge in [-0.25, -0.2) is 13.2 Å². The maximum absolute atomic E-state index is 13.1. The molecule has 2 aromatic carbocycles. The number of benzene rings is 2. The van der Waals surface area contributed by atoms with Crippen molar-refractivity contribution in [3.05, 3.63) is 42.5 Å². The van der Waals surface area contributed by atoms with Crippen LogP contribution < -0.4 is 20.1 Å². The Morgan fingerprint density at radius 1 is 0.941 bits per heavy atom. The van der Waals surface area contributed by atoms with Gasteiger partial charge in [-0.2, -0.15) is 4.31 Å². The number of nitrogens with zero attached hydrogens (tertiary/aromatic N) is 1. The van der Waals surface area contributed by atoms with E-state index in [4.69, 9.17) is 14.2 Å². The maximum Gasteiger partial charge on any atom is 0.411 e. The van der Waals surface area contributed by atoms with Crippen LogP contribution in [0, 0.1) is 5.92 Å². The Balaban J connectivity index is 1.57. The van der Waals surface area contributed by atoms with Crippen LogP contribution in [0.25, 0.3) is 0 Å². The first-order valence-electron chi connectivity index (χ1n) is 10.8. The van der Waals surface area contributed by atoms with E-state index in [1.807, 2.05) is 0 Å². The van der Waals surface area contributed by atoms with Gasteiger partial charge in [0, 0.05) is 36.4 Å². The minimum atomic E-state index is -3.73. The molecule has 3 rings (SSSR count). The quantitative estimate of drug-likeness (QED) is 0.581. The molecule has 1 aliphatic rings. The molecule has 0 unspecified atom stereocenters. The molecule has 2 aromatic rings. The molecule has 0 bridgehead atoms. The first-order chi connectivity index (χ1) is 16.3. The van der Waals surface area contributed by atoms with Gasteiger partial charge in [0.15, 0.2) is 11.5 Å². The van der Waals surface area contributed by atoms with Crippen molar-refractivity contribution in [1.29, 1.82) is 0 Å². The lowest BCUT2D eigenvalue weighted by Gasteiger charge is -2.30. The zero-order chi connectivity index (χ0) is 24.7. The number of carbonyl (C=O) groups excluding carboxylic acids is 2. The van der Waals surface area contributed by atoms with Crippen molar-refractivity contribution in [2.24, 2.45) is 5.92 Å². The molecule has 11 heteroatoms. The molecule has 1 saturated heterocycles. The number of rotatable bonds is 8. The van der Waals surface area contributed by atoms with Crippen LogP contribution in [0.4, 0.5) is 16.2 Å². The van der Waals surface area contributed by atoms with Gasteiger partial charge in [0.25, 0.3) is 0 Å². The normalized spacial score (nSPS) is 14.8. The molecule has 1 heterocycles. The molecule has 0 saturated carbocycles. The lowest BCUT2D eigenvalue weighted by Crippen LogP contribution is -2.41. The highest BCUT2D eigenvalue weighted by Crippen LogP contribution is 2.32. The second-order valence-electron chi connectivity index (χ2n) is 7.61. The standard InChI is InChI=1S/C23H29N3O7S/c1-4-33-23(28)25-18-7-5-17(6-8-18)24-22(27)16-11-13-26(14-12-16)34(29,30)19-9-10-20(31-2)21(15-19)32-3/h5-10,15-16H,4,11-14H2,1-3H3,(H,24,27)(H,25,28). The van der Waals surface area contributed by atoms with E-state index in [1.54, 1.807) is 37.3 Å². The molecular formula is C23H29N3O7S. The SMILES string of the molecule is CCOC(=O)Nc1ccc(NC(=O)C2CCN(S(=O)(=O)c3ccc(OC)c(OC)c3)CC2)cc1. The summed E-state index contributed by atoms with van der Waals surface area (Å²) in [5.41, 5.74) is 1.13. The topological polar surface area (TPSA) is 123 Å². The van der Waals surface area contributed by atoms with E-state index in [0.29, 0.717) is 35.7 Å². The van der Waals surface area contributed by atoms with Gasteiger partial charge in [0.1, 0.15) is 0 Å². The van der Waals surface area contributed by atoms with E-state index >= 15 is 0 Å². The molecule has 0 aliphatic carbocycles. The minimum absolute atomic E-state index is 0.115. The predicted octanol–water partition coefficient (Wildman–Crippen LogP) is 3.31. The van der Waals surface area contributed by atoms with Crippen LogP contribution in [-0.4, -0.2) is 58.6 Å². The van der Waals surface area contributed by atoms with Crippen molar-refractivity contribution in [1.82, 2.24) is 4.31 Å². The van der Waals surface area contributed by atoms with Gasteiger partial charge in [0.05, 0.1) is 25.7 Å². The highest BCUT2D eigenvalue weighted by molar-refractivity contribution is 7.89. The van der Waals surface area contributed by atoms with E-state index in [0.717, 1.165) is 0 Å². The maximum atomic E-state index is 13.1. The smallest absolute Gasteiger partial charge is 0.411 e. The first kappa shape index (κ1) is 25.3. The van der Waals surface area contributed by atoms with Crippen LogP contribution in [0.15, 0.2) is 47.4 Å². The molecule has 1 aliphatic heterocycles. The average molecular weight is 492 g/mol. The molecule has 1 fully saturated rings. The Morgan fingerprint density at radius 2 is 1.53 bits per heavy atom. The number of sulfonamides is 1. The van der Waals surface area contributed by atoms with Gasteiger partial charge in [-0.3, -0.25) is 10.1 Å². The second-order valence-corrected chi connectivity index (χ2v) is 9.55. The van der Waals surface area contributed by atoms with E-state index in [-0.39, 0.29) is 36.4 Å². The van der Waals surface area contributed by atoms with Crippen LogP contribution in [-0.2, 0) is 19.6 Å². The Kier molecular flexibility index (Phi) is 8.35. The number of hydrogen-bond donors (Lipinski definition) is 2. The van der Waals surface area contributed by atoms with Gasteiger partial charge in [0.2, 0.25) is 15.9 Å². The molecular weight excluding hydrogens is 462 g/mol. The minimum Gasteiger partial charge on any atom is -0.493 e. The molecule has 0 aromatic heterocycles. The number of carbonyl (C=O) groups is 2. The predicted molar refractivity (Wildman–Crippen MR) is 127 cm³/mol. The fourth-order valence-corrected chi connectivity index (χ4v) is 5.14. The number of nitrogens with one attached hydrogen (secondary N) is 2. The van der Waals surface area contributed by atoms with Crippen molar-refractivity contribution in [3.63, 3.8) is 0 Å². The number of amides is 2. The number of hydrogen-bond acceptors (Lipinski definition) is 7. The summed E-state index contributed by atoms with van der Waals surface area (Å²) in [5.74, 6) is 0.298. The zero-order valence-electron chi connectivity index (χ0n) is 19.4. The monoisotopic (exact) mass is 491 g/mol. The largest absolute Gasteiger partial charge is 0.493 e. The second kappa shape index (κ2) is 11.2. The summed E-state index contributed by atoms with van der Waals surface area (Å²) in [5, 5.41) is 5.43. The van der Waals surface area contributed by atoms with Crippen molar-refractivity contribution in [2.75, 3.05) is 44.5 Å². The number of ether oxygens (including phenoxy) is 3. The van der Waals surface area contributed by atoms with Crippen molar-refractivity contribution >= 4 is 33.4 Å². The highest BCUT2D eigenvalue weighted by atomic mass is 32.2. The van der Waals surface area contributed by atoms with Crippen molar-refractivity contribution < 1.29 is 32.2 Å². The summed E-state index contributed by atoms with van der Waals surface area (Å²) in [6.07, 6.45) is 0.260. The Labute approximate surface area is 199 Å². The zero-order valence-corrected chi connectivity index (χ0v) is 20.2. The Bertz CT molecular complexity index is 1110. The molecule has 0 atom stereocenters. The van der Waals surface area contributed by atoms with Crippen LogP contribution in [0.2, 0.25) is 0 Å². The van der Waals surface area contributed by atoms with E-state index in [1.165, 1.54) is 30.7 Å². The molecule has 2 amide bonds. The molecule has 0 radical (unpaired) electrons. The average Bonchev–Trinajstić information content (AvgIpc) is 2.85. The van der Waals surface area contributed by atoms with Gasteiger partial charge in [-0.15, -0.1) is 0 Å². The highest BCUT2D eigenvalue weighted by Gasteiger charge is 2.32. The molecule has 0 spiro atoms. The molecule has 10 nitrogen and oxygen atoms in total. The summed E-state index contributed by atoms with van der Waals surface area (Å²) in [6.45, 7) is 2.46. The molecule has 2 N–H and O–H groups in total. The summed E-state index contributed by atoms with van der Waals surface area (Å²) in [6, 6.07) is 11.1. The summed E-state index contributed by atoms with van der Waals surface area (Å²) >= 11 is 0. The third-order valence-electron chi connectivity index (χ3n) is 5.49. The first-order valence-corrected chi connectivity index (χ1v) is 12.3. The van der Waals surface area contributed by atoms with Crippen LogP contribution in [0.3, 0.4) is 0 Å². The van der Waals surface area contributed by atoms with Crippen LogP contribution >= 0.6 is 0 Å². The summed E-state index contributed by atoms with van der Waals surface area (Å²) in [7, 11) is -0.795. The summed E-state index contributed by atoms with van der Waals surface area (Å²) < 4.78 is 42.7. The van der Waals surface area contributed by atoms with E-state index in [9.17, 15) is 18.0 Å². The summed E-state index contributed by atoms with van der Waals surface area (Å²) in [4.78, 5) is 24.3. The molecule has 34 heavy (non-hydrogen) atoms. The van der Waals surface area contributed by atoms with Gasteiger partial charge in [-0.05, 0) is 56.2 Å². The van der Waals surface area contributed by atoms with Crippen molar-refractivity contribution in [2.45, 2.75) is 24.7 Å². The Morgan fingerprint density at radius 3 is 2.09 bits per heavy atom. The number of piperidine rings is 1. The van der Waals surface area contributed by atoms with E-state index < -0.39 is 16.1 Å². The van der Waals surface area contributed by atoms with Gasteiger partial charge < -0.3 is 19.5 Å². The van der Waals surface area contributed by atoms with Gasteiger partial charge in [-0.1, -0.05) is 0 Å². The lowest BCUT2D eigenvalue weighted by molar-refractivity contribution is -0.120. The van der Waals surface area contributed by atoms with Gasteiger partial charge >= 0.3 is 6.09 Å². The fraction of sp³-hybridized carbons (Fsp3) is 0.391. The fourth-order valence-electron chi connectivity index (χ4n) is 3.65. The molecule has 184 valence electrons. The van der Waals surface area contributed by atoms with Crippen LogP contribution in [0.1, 0.15) is 19.8 Å². The number of anilines is 2. The van der Waals surface area contributed by atoms with Crippen LogP contribution in [0.5, 0.6) is 11.5 Å². The number of methoxy groups -OCH3 is 2. The third-order valence-corrected chi connectivity index (χ3v) is 7.39. The lowest BCUT2D eigenvalue weighted by atomic mass is 9.97.